The lowest BCUT2D eigenvalue weighted by Crippen LogP contribution is -2.27. The number of rotatable bonds is 1. The SMILES string of the molecule is CN1CC=C(C2CC3(C)CC2C3)CC1. The first kappa shape index (κ1) is 8.96. The Bertz CT molecular complexity index is 273. The van der Waals surface area contributed by atoms with Crippen LogP contribution in [0.2, 0.25) is 0 Å². The van der Waals surface area contributed by atoms with E-state index in [9.17, 15) is 0 Å². The van der Waals surface area contributed by atoms with Gasteiger partial charge in [-0.2, -0.15) is 0 Å². The zero-order chi connectivity index (χ0) is 9.76. The lowest BCUT2D eigenvalue weighted by molar-refractivity contribution is 0.165. The Morgan fingerprint density at radius 2 is 2.14 bits per heavy atom. The van der Waals surface area contributed by atoms with Gasteiger partial charge in [0, 0.05) is 13.1 Å². The third-order valence-electron chi connectivity index (χ3n) is 4.72. The van der Waals surface area contributed by atoms with Gasteiger partial charge in [-0.15, -0.1) is 0 Å². The van der Waals surface area contributed by atoms with Gasteiger partial charge in [-0.1, -0.05) is 18.6 Å². The highest BCUT2D eigenvalue weighted by molar-refractivity contribution is 5.20. The van der Waals surface area contributed by atoms with E-state index in [1.807, 2.05) is 0 Å². The molecule has 0 aromatic rings. The first-order chi connectivity index (χ1) is 6.66. The average molecular weight is 191 g/mol. The van der Waals surface area contributed by atoms with Gasteiger partial charge in [0.25, 0.3) is 0 Å². The van der Waals surface area contributed by atoms with Crippen molar-refractivity contribution in [3.63, 3.8) is 0 Å². The van der Waals surface area contributed by atoms with E-state index in [2.05, 4.69) is 24.9 Å². The van der Waals surface area contributed by atoms with E-state index in [1.54, 1.807) is 5.57 Å². The summed E-state index contributed by atoms with van der Waals surface area (Å²) in [5.74, 6) is 2.04. The minimum Gasteiger partial charge on any atom is -0.302 e. The first-order valence-corrected chi connectivity index (χ1v) is 6.04. The molecule has 0 aromatic heterocycles. The van der Waals surface area contributed by atoms with Crippen LogP contribution in [0.4, 0.5) is 0 Å². The third-order valence-corrected chi connectivity index (χ3v) is 4.72. The molecule has 0 spiro atoms. The molecule has 0 saturated heterocycles. The largest absolute Gasteiger partial charge is 0.302 e. The highest BCUT2D eigenvalue weighted by Crippen LogP contribution is 2.63. The molecule has 1 nitrogen and oxygen atoms in total. The molecule has 1 unspecified atom stereocenters. The van der Waals surface area contributed by atoms with Crippen molar-refractivity contribution in [3.05, 3.63) is 11.6 Å². The number of hydrogen-bond acceptors (Lipinski definition) is 1. The normalized spacial score (nSPS) is 47.4. The molecule has 1 heteroatoms. The second-order valence-electron chi connectivity index (χ2n) is 6.08. The molecule has 14 heavy (non-hydrogen) atoms. The molecule has 78 valence electrons. The summed E-state index contributed by atoms with van der Waals surface area (Å²) in [6.45, 7) is 4.96. The Morgan fingerprint density at radius 1 is 1.36 bits per heavy atom. The Hall–Kier alpha value is -0.300. The second kappa shape index (κ2) is 2.85. The summed E-state index contributed by atoms with van der Waals surface area (Å²) in [4.78, 5) is 2.42. The maximum absolute atomic E-state index is 2.51. The molecule has 0 aromatic carbocycles. The fourth-order valence-corrected chi connectivity index (χ4v) is 3.91. The van der Waals surface area contributed by atoms with Gasteiger partial charge in [-0.25, -0.2) is 0 Å². The van der Waals surface area contributed by atoms with Crippen LogP contribution in [0.25, 0.3) is 0 Å². The zero-order valence-electron chi connectivity index (χ0n) is 9.42. The molecule has 2 bridgehead atoms. The van der Waals surface area contributed by atoms with Crippen molar-refractivity contribution in [2.45, 2.75) is 32.6 Å². The van der Waals surface area contributed by atoms with Gasteiger partial charge in [0.2, 0.25) is 0 Å². The summed E-state index contributed by atoms with van der Waals surface area (Å²) in [7, 11) is 2.23. The molecule has 4 aliphatic rings. The lowest BCUT2D eigenvalue weighted by Gasteiger charge is -2.35. The fraction of sp³-hybridized carbons (Fsp3) is 0.846. The van der Waals surface area contributed by atoms with Crippen molar-refractivity contribution in [1.82, 2.24) is 4.90 Å². The summed E-state index contributed by atoms with van der Waals surface area (Å²) in [5.41, 5.74) is 2.55. The Labute approximate surface area is 87.2 Å². The third kappa shape index (κ3) is 1.25. The molecule has 1 heterocycles. The standard InChI is InChI=1S/C13H21N/c1-13-7-11(8-13)12(9-13)10-3-5-14(2)6-4-10/h3,11-12H,4-9H2,1-2H3. The van der Waals surface area contributed by atoms with Crippen LogP contribution >= 0.6 is 0 Å². The van der Waals surface area contributed by atoms with Crippen LogP contribution in [0.3, 0.4) is 0 Å². The van der Waals surface area contributed by atoms with Crippen LogP contribution in [0.1, 0.15) is 32.6 Å². The van der Waals surface area contributed by atoms with Crippen LogP contribution < -0.4 is 0 Å². The first-order valence-electron chi connectivity index (χ1n) is 6.04. The minimum atomic E-state index is 0.750. The number of nitrogens with zero attached hydrogens (tertiary/aromatic N) is 1. The molecule has 3 aliphatic carbocycles. The van der Waals surface area contributed by atoms with E-state index in [0.29, 0.717) is 0 Å². The monoisotopic (exact) mass is 191 g/mol. The number of hydrogen-bond donors (Lipinski definition) is 0. The molecule has 0 radical (unpaired) electrons. The highest BCUT2D eigenvalue weighted by atomic mass is 15.1. The van der Waals surface area contributed by atoms with Crippen molar-refractivity contribution in [2.75, 3.05) is 20.1 Å². The maximum atomic E-state index is 2.51. The molecule has 0 amide bonds. The van der Waals surface area contributed by atoms with E-state index in [4.69, 9.17) is 0 Å². The predicted molar refractivity (Wildman–Crippen MR) is 59.1 cm³/mol. The van der Waals surface area contributed by atoms with Gasteiger partial charge in [0.1, 0.15) is 0 Å². The van der Waals surface area contributed by atoms with Crippen molar-refractivity contribution < 1.29 is 0 Å². The van der Waals surface area contributed by atoms with Gasteiger partial charge >= 0.3 is 0 Å². The Balaban J connectivity index is 1.73. The molecule has 1 aliphatic heterocycles. The average Bonchev–Trinajstić information content (AvgIpc) is 2.59. The van der Waals surface area contributed by atoms with Crippen LogP contribution in [0.15, 0.2) is 11.6 Å². The van der Waals surface area contributed by atoms with Crippen LogP contribution in [0.5, 0.6) is 0 Å². The van der Waals surface area contributed by atoms with Crippen LogP contribution in [-0.2, 0) is 0 Å². The van der Waals surface area contributed by atoms with Crippen molar-refractivity contribution >= 4 is 0 Å². The summed E-state index contributed by atoms with van der Waals surface area (Å²) in [6.07, 6.45) is 8.38. The summed E-state index contributed by atoms with van der Waals surface area (Å²) < 4.78 is 0. The van der Waals surface area contributed by atoms with Crippen LogP contribution in [0, 0.1) is 17.3 Å². The molecular weight excluding hydrogens is 170 g/mol. The Kier molecular flexibility index (Phi) is 1.82. The summed E-state index contributed by atoms with van der Waals surface area (Å²) in [6, 6.07) is 0. The fourth-order valence-electron chi connectivity index (χ4n) is 3.91. The molecule has 3 fully saturated rings. The van der Waals surface area contributed by atoms with E-state index >= 15 is 0 Å². The van der Waals surface area contributed by atoms with E-state index < -0.39 is 0 Å². The molecule has 3 saturated carbocycles. The highest BCUT2D eigenvalue weighted by Gasteiger charge is 2.53. The maximum Gasteiger partial charge on any atom is 0.0163 e. The van der Waals surface area contributed by atoms with E-state index in [-0.39, 0.29) is 0 Å². The van der Waals surface area contributed by atoms with E-state index in [0.717, 1.165) is 17.3 Å². The molecule has 0 N–H and O–H groups in total. The minimum absolute atomic E-state index is 0.750. The molecule has 4 rings (SSSR count). The smallest absolute Gasteiger partial charge is 0.0163 e. The van der Waals surface area contributed by atoms with E-state index in [1.165, 1.54) is 38.8 Å². The topological polar surface area (TPSA) is 3.24 Å². The van der Waals surface area contributed by atoms with Crippen molar-refractivity contribution in [1.29, 1.82) is 0 Å². The van der Waals surface area contributed by atoms with Crippen LogP contribution in [-0.4, -0.2) is 25.0 Å². The second-order valence-corrected chi connectivity index (χ2v) is 6.08. The molecule has 1 atom stereocenters. The Morgan fingerprint density at radius 3 is 2.64 bits per heavy atom. The number of fused-ring (bicyclic) bond motifs is 1. The summed E-state index contributed by atoms with van der Waals surface area (Å²) >= 11 is 0. The quantitative estimate of drug-likeness (QED) is 0.576. The lowest BCUT2D eigenvalue weighted by atomic mass is 9.70. The van der Waals surface area contributed by atoms with Gasteiger partial charge < -0.3 is 4.90 Å². The van der Waals surface area contributed by atoms with Crippen molar-refractivity contribution in [2.24, 2.45) is 17.3 Å². The zero-order valence-corrected chi connectivity index (χ0v) is 9.42. The summed E-state index contributed by atoms with van der Waals surface area (Å²) in [5, 5.41) is 0. The van der Waals surface area contributed by atoms with Gasteiger partial charge in [0.05, 0.1) is 0 Å². The van der Waals surface area contributed by atoms with Gasteiger partial charge in [0.15, 0.2) is 0 Å². The van der Waals surface area contributed by atoms with Gasteiger partial charge in [-0.3, -0.25) is 0 Å². The number of likely N-dealkylation sites (N-methyl/N-ethyl adjacent to an activating group) is 1. The van der Waals surface area contributed by atoms with Gasteiger partial charge in [-0.05, 0) is 50.0 Å². The van der Waals surface area contributed by atoms with Crippen molar-refractivity contribution in [3.8, 4) is 0 Å². The molecular formula is C13H21N. The predicted octanol–water partition coefficient (Wildman–Crippen LogP) is 2.68.